The minimum Gasteiger partial charge on any atom is -0.494 e. The van der Waals surface area contributed by atoms with Gasteiger partial charge >= 0.3 is 30.0 Å². The number of hydrogen-bond donors (Lipinski definition) is 3. The summed E-state index contributed by atoms with van der Waals surface area (Å²) < 4.78 is 110. The highest BCUT2D eigenvalue weighted by Crippen LogP contribution is 2.34. The summed E-state index contributed by atoms with van der Waals surface area (Å²) >= 11 is 0. The van der Waals surface area contributed by atoms with E-state index in [-0.39, 0.29) is 22.6 Å². The minimum atomic E-state index is -5.08. The largest absolute Gasteiger partial charge is 0.494 e. The van der Waals surface area contributed by atoms with Crippen LogP contribution in [0.4, 0.5) is 35.1 Å². The molecule has 0 aliphatic carbocycles. The first kappa shape index (κ1) is 38.9. The number of carboxylic acid groups (broad SMARTS) is 2. The van der Waals surface area contributed by atoms with E-state index in [9.17, 15) is 50.2 Å². The molecule has 18 heteroatoms. The zero-order valence-corrected chi connectivity index (χ0v) is 25.9. The molecule has 50 heavy (non-hydrogen) atoms. The van der Waals surface area contributed by atoms with E-state index in [4.69, 9.17) is 14.6 Å². The number of nitrogens with one attached hydrogen (secondary N) is 1. The molecule has 4 aromatic rings. The number of carbonyl (C=O) groups is 2. The van der Waals surface area contributed by atoms with Crippen LogP contribution >= 0.6 is 0 Å². The van der Waals surface area contributed by atoms with Crippen LogP contribution in [-0.2, 0) is 28.9 Å². The van der Waals surface area contributed by atoms with E-state index in [0.717, 1.165) is 16.7 Å². The number of benzene rings is 3. The van der Waals surface area contributed by atoms with Crippen molar-refractivity contribution < 1.29 is 59.7 Å². The van der Waals surface area contributed by atoms with Crippen molar-refractivity contribution in [2.24, 2.45) is 0 Å². The molecule has 10 nitrogen and oxygen atoms in total. The third-order valence-corrected chi connectivity index (χ3v) is 7.19. The highest BCUT2D eigenvalue weighted by Gasteiger charge is 2.38. The third-order valence-electron chi connectivity index (χ3n) is 7.19. The lowest BCUT2D eigenvalue weighted by molar-refractivity contribution is -0.192. The van der Waals surface area contributed by atoms with E-state index in [0.29, 0.717) is 16.2 Å². The molecule has 0 saturated carbocycles. The second-order valence-electron chi connectivity index (χ2n) is 10.4. The molecular weight excluding hydrogens is 690 g/mol. The van der Waals surface area contributed by atoms with Gasteiger partial charge in [0.1, 0.15) is 5.82 Å². The van der Waals surface area contributed by atoms with Crippen LogP contribution in [0, 0.1) is 18.6 Å². The SMILES string of the molecule is COc1cccc(-c2c(C)n(Cc3c(F)cccc3C(F)(F)F)c(=O)n(C[C@H](NCC(=O)O)c3ccccc3)c2=O)c1F.O=C(O)C(F)(F)F. The molecule has 0 aliphatic heterocycles. The monoisotopic (exact) mass is 717 g/mol. The average Bonchev–Trinajstić information content (AvgIpc) is 3.03. The van der Waals surface area contributed by atoms with Gasteiger partial charge in [-0.25, -0.2) is 18.4 Å². The fraction of sp³-hybridized carbons (Fsp3) is 0.250. The molecular formula is C32H27F8N3O7. The van der Waals surface area contributed by atoms with Gasteiger partial charge in [-0.1, -0.05) is 48.5 Å². The molecule has 4 rings (SSSR count). The van der Waals surface area contributed by atoms with Gasteiger partial charge in [0.2, 0.25) is 0 Å². The van der Waals surface area contributed by atoms with Gasteiger partial charge in [0.05, 0.1) is 43.9 Å². The van der Waals surface area contributed by atoms with Gasteiger partial charge in [-0.15, -0.1) is 0 Å². The van der Waals surface area contributed by atoms with Gasteiger partial charge in [0, 0.05) is 16.8 Å². The second kappa shape index (κ2) is 15.8. The van der Waals surface area contributed by atoms with Crippen LogP contribution in [0.2, 0.25) is 0 Å². The molecule has 0 spiro atoms. The fourth-order valence-electron chi connectivity index (χ4n) is 4.83. The van der Waals surface area contributed by atoms with E-state index in [1.807, 2.05) is 0 Å². The Kier molecular flexibility index (Phi) is 12.3. The summed E-state index contributed by atoms with van der Waals surface area (Å²) in [5, 5.41) is 19.1. The molecule has 0 fully saturated rings. The number of alkyl halides is 6. The summed E-state index contributed by atoms with van der Waals surface area (Å²) in [5.74, 6) is -6.43. The predicted molar refractivity (Wildman–Crippen MR) is 161 cm³/mol. The van der Waals surface area contributed by atoms with Crippen LogP contribution < -0.4 is 21.3 Å². The van der Waals surface area contributed by atoms with Crippen molar-refractivity contribution in [1.82, 2.24) is 14.5 Å². The van der Waals surface area contributed by atoms with Gasteiger partial charge in [-0.3, -0.25) is 24.0 Å². The topological polar surface area (TPSA) is 140 Å². The smallest absolute Gasteiger partial charge is 0.490 e. The Hall–Kier alpha value is -5.52. The Labute approximate surface area is 276 Å². The van der Waals surface area contributed by atoms with Crippen molar-refractivity contribution in [2.45, 2.75) is 38.4 Å². The van der Waals surface area contributed by atoms with Crippen LogP contribution in [0.1, 0.15) is 28.4 Å². The van der Waals surface area contributed by atoms with Gasteiger partial charge < -0.3 is 14.9 Å². The maximum Gasteiger partial charge on any atom is 0.490 e. The summed E-state index contributed by atoms with van der Waals surface area (Å²) in [7, 11) is 1.20. The summed E-state index contributed by atoms with van der Waals surface area (Å²) in [4.78, 5) is 48.0. The number of methoxy groups -OCH3 is 1. The minimum absolute atomic E-state index is 0.218. The number of rotatable bonds is 10. The molecule has 0 bridgehead atoms. The lowest BCUT2D eigenvalue weighted by Crippen LogP contribution is -2.45. The summed E-state index contributed by atoms with van der Waals surface area (Å²) in [6.07, 6.45) is -10.1. The van der Waals surface area contributed by atoms with E-state index < -0.39 is 84.0 Å². The average molecular weight is 718 g/mol. The van der Waals surface area contributed by atoms with Gasteiger partial charge in [-0.2, -0.15) is 26.3 Å². The first-order chi connectivity index (χ1) is 23.3. The maximum atomic E-state index is 15.5. The van der Waals surface area contributed by atoms with E-state index in [1.165, 1.54) is 32.2 Å². The van der Waals surface area contributed by atoms with Crippen molar-refractivity contribution in [3.8, 4) is 16.9 Å². The molecule has 3 aromatic carbocycles. The molecule has 0 unspecified atom stereocenters. The quantitative estimate of drug-likeness (QED) is 0.186. The summed E-state index contributed by atoms with van der Waals surface area (Å²) in [5.41, 5.74) is -4.68. The zero-order valence-electron chi connectivity index (χ0n) is 25.9. The Morgan fingerprint density at radius 2 is 1.48 bits per heavy atom. The normalized spacial score (nSPS) is 12.1. The number of aromatic nitrogens is 2. The molecule has 1 heterocycles. The van der Waals surface area contributed by atoms with Gasteiger partial charge in [0.15, 0.2) is 11.6 Å². The first-order valence-electron chi connectivity index (χ1n) is 14.1. The molecule has 0 radical (unpaired) electrons. The molecule has 1 atom stereocenters. The fourth-order valence-corrected chi connectivity index (χ4v) is 4.83. The van der Waals surface area contributed by atoms with Crippen LogP contribution in [-0.4, -0.2) is 51.1 Å². The van der Waals surface area contributed by atoms with Crippen molar-refractivity contribution in [3.63, 3.8) is 0 Å². The van der Waals surface area contributed by atoms with E-state index in [2.05, 4.69) is 5.32 Å². The van der Waals surface area contributed by atoms with Crippen LogP contribution in [0.15, 0.2) is 76.3 Å². The number of hydrogen-bond acceptors (Lipinski definition) is 6. The van der Waals surface area contributed by atoms with Crippen LogP contribution in [0.5, 0.6) is 5.75 Å². The van der Waals surface area contributed by atoms with E-state index in [1.54, 1.807) is 30.3 Å². The number of halogens is 8. The Balaban J connectivity index is 0.000000872. The molecule has 268 valence electrons. The Bertz CT molecular complexity index is 1970. The van der Waals surface area contributed by atoms with Crippen LogP contribution in [0.3, 0.4) is 0 Å². The summed E-state index contributed by atoms with van der Waals surface area (Å²) in [6.45, 7) is -0.746. The molecule has 0 amide bonds. The number of carboxylic acids is 2. The number of ether oxygens (including phenoxy) is 1. The van der Waals surface area contributed by atoms with Crippen molar-refractivity contribution in [1.29, 1.82) is 0 Å². The summed E-state index contributed by atoms with van der Waals surface area (Å²) in [6, 6.07) is 13.6. The molecule has 1 aromatic heterocycles. The van der Waals surface area contributed by atoms with Crippen molar-refractivity contribution >= 4 is 11.9 Å². The predicted octanol–water partition coefficient (Wildman–Crippen LogP) is 5.39. The number of nitrogens with zero attached hydrogens (tertiary/aromatic N) is 2. The maximum absolute atomic E-state index is 15.5. The number of aliphatic carboxylic acids is 2. The third kappa shape index (κ3) is 9.13. The molecule has 0 saturated heterocycles. The highest BCUT2D eigenvalue weighted by atomic mass is 19.4. The van der Waals surface area contributed by atoms with Gasteiger partial charge in [-0.05, 0) is 30.7 Å². The lowest BCUT2D eigenvalue weighted by Gasteiger charge is -2.23. The lowest BCUT2D eigenvalue weighted by atomic mass is 10.0. The first-order valence-corrected chi connectivity index (χ1v) is 14.1. The molecule has 3 N–H and O–H groups in total. The van der Waals surface area contributed by atoms with E-state index >= 15 is 4.39 Å². The van der Waals surface area contributed by atoms with Crippen molar-refractivity contribution in [2.75, 3.05) is 13.7 Å². The Morgan fingerprint density at radius 3 is 2.02 bits per heavy atom. The van der Waals surface area contributed by atoms with Crippen molar-refractivity contribution in [3.05, 3.63) is 122 Å². The Morgan fingerprint density at radius 1 is 0.880 bits per heavy atom. The standard InChI is InChI=1S/C30H26F5N3O5.C2HF3O2/c1-17-26(19-10-6-13-24(43-2)27(19)32)28(41)38(16-23(36-14-25(39)40)18-8-4-3-5-9-18)29(42)37(17)15-20-21(30(33,34)35)11-7-12-22(20)31;3-2(4,5)1(6)7/h3-13,23,36H,14-16H2,1-2H3,(H,39,40);(H,6,7)/t23-;/m0./s1. The second-order valence-corrected chi connectivity index (χ2v) is 10.4. The van der Waals surface area contributed by atoms with Crippen LogP contribution in [0.25, 0.3) is 11.1 Å². The van der Waals surface area contributed by atoms with Gasteiger partial charge in [0.25, 0.3) is 5.56 Å². The highest BCUT2D eigenvalue weighted by molar-refractivity contribution is 5.73. The molecule has 0 aliphatic rings. The zero-order chi connectivity index (χ0) is 37.6.